The maximum atomic E-state index is 12.5. The van der Waals surface area contributed by atoms with Gasteiger partial charge in [0.25, 0.3) is 5.91 Å². The summed E-state index contributed by atoms with van der Waals surface area (Å²) in [6.45, 7) is 2.87. The van der Waals surface area contributed by atoms with Crippen molar-refractivity contribution in [1.82, 2.24) is 14.9 Å². The van der Waals surface area contributed by atoms with Crippen molar-refractivity contribution in [2.24, 2.45) is 5.92 Å². The fourth-order valence-corrected chi connectivity index (χ4v) is 4.68. The molecule has 7 nitrogen and oxygen atoms in total. The van der Waals surface area contributed by atoms with Crippen LogP contribution < -0.4 is 10.6 Å². The largest absolute Gasteiger partial charge is 0.355 e. The topological polar surface area (TPSA) is 95.6 Å². The highest BCUT2D eigenvalue weighted by molar-refractivity contribution is 7.89. The highest BCUT2D eigenvalue weighted by Gasteiger charge is 2.31. The number of benzene rings is 1. The van der Waals surface area contributed by atoms with Gasteiger partial charge in [0.2, 0.25) is 15.9 Å². The Kier molecular flexibility index (Phi) is 7.16. The third-order valence-corrected chi connectivity index (χ3v) is 6.54. The van der Waals surface area contributed by atoms with E-state index in [0.717, 1.165) is 5.56 Å². The number of sulfonamides is 1. The Morgan fingerprint density at radius 3 is 2.77 bits per heavy atom. The van der Waals surface area contributed by atoms with Crippen molar-refractivity contribution < 1.29 is 18.0 Å². The molecule has 0 saturated carbocycles. The predicted molar refractivity (Wildman–Crippen MR) is 100 cm³/mol. The lowest BCUT2D eigenvalue weighted by Gasteiger charge is -2.31. The highest BCUT2D eigenvalue weighted by atomic mass is 32.2. The van der Waals surface area contributed by atoms with Gasteiger partial charge >= 0.3 is 0 Å². The molecule has 1 heterocycles. The van der Waals surface area contributed by atoms with Gasteiger partial charge in [-0.2, -0.15) is 0 Å². The fourth-order valence-electron chi connectivity index (χ4n) is 3.10. The minimum atomic E-state index is -3.28. The Hall–Kier alpha value is -1.93. The predicted octanol–water partition coefficient (Wildman–Crippen LogP) is 1.11. The maximum Gasteiger partial charge on any atom is 0.251 e. The fraction of sp³-hybridized carbons (Fsp3) is 0.556. The summed E-state index contributed by atoms with van der Waals surface area (Å²) < 4.78 is 25.9. The van der Waals surface area contributed by atoms with E-state index in [-0.39, 0.29) is 30.0 Å². The lowest BCUT2D eigenvalue weighted by atomic mass is 9.98. The van der Waals surface area contributed by atoms with Crippen molar-refractivity contribution >= 4 is 21.8 Å². The lowest BCUT2D eigenvalue weighted by Crippen LogP contribution is -2.45. The molecule has 0 radical (unpaired) electrons. The Labute approximate surface area is 155 Å². The van der Waals surface area contributed by atoms with Crippen molar-refractivity contribution in [1.29, 1.82) is 0 Å². The van der Waals surface area contributed by atoms with Crippen molar-refractivity contribution in [2.45, 2.75) is 32.7 Å². The number of carbonyl (C=O) groups excluding carboxylic acids is 2. The molecule has 1 aromatic carbocycles. The van der Waals surface area contributed by atoms with Crippen molar-refractivity contribution in [3.8, 4) is 0 Å². The molecule has 1 fully saturated rings. The van der Waals surface area contributed by atoms with Gasteiger partial charge in [-0.05, 0) is 37.0 Å². The molecule has 2 amide bonds. The number of hydrogen-bond donors (Lipinski definition) is 2. The molecular formula is C18H27N3O4S. The van der Waals surface area contributed by atoms with Crippen LogP contribution in [-0.2, 0) is 21.4 Å². The zero-order valence-corrected chi connectivity index (χ0v) is 16.1. The SMILES string of the molecule is CCCS(=O)(=O)N1CCCC(C(=O)NCc2cccc(C(=O)NC)c2)C1. The van der Waals surface area contributed by atoms with Crippen LogP contribution in [0.2, 0.25) is 0 Å². The van der Waals surface area contributed by atoms with Crippen LogP contribution in [0.15, 0.2) is 24.3 Å². The second-order valence-electron chi connectivity index (χ2n) is 6.51. The van der Waals surface area contributed by atoms with Gasteiger partial charge in [0.05, 0.1) is 11.7 Å². The molecule has 2 rings (SSSR count). The molecule has 1 aliphatic rings. The van der Waals surface area contributed by atoms with E-state index in [2.05, 4.69) is 10.6 Å². The summed E-state index contributed by atoms with van der Waals surface area (Å²) in [6, 6.07) is 7.05. The van der Waals surface area contributed by atoms with Gasteiger partial charge in [-0.15, -0.1) is 0 Å². The standard InChI is InChI=1S/C18H27N3O4S/c1-3-10-26(24,25)21-9-5-8-16(13-21)18(23)20-12-14-6-4-7-15(11-14)17(22)19-2/h4,6-7,11,16H,3,5,8-10,12-13H2,1-2H3,(H,19,22)(H,20,23). The zero-order valence-electron chi connectivity index (χ0n) is 15.3. The molecular weight excluding hydrogens is 354 g/mol. The van der Waals surface area contributed by atoms with Crippen LogP contribution in [0.4, 0.5) is 0 Å². The van der Waals surface area contributed by atoms with E-state index in [0.29, 0.717) is 37.9 Å². The summed E-state index contributed by atoms with van der Waals surface area (Å²) in [7, 11) is -1.71. The summed E-state index contributed by atoms with van der Waals surface area (Å²) in [6.07, 6.45) is 1.94. The molecule has 1 aromatic rings. The van der Waals surface area contributed by atoms with Gasteiger partial charge in [0, 0.05) is 32.2 Å². The first-order valence-electron chi connectivity index (χ1n) is 8.94. The molecule has 1 saturated heterocycles. The summed E-state index contributed by atoms with van der Waals surface area (Å²) in [4.78, 5) is 24.1. The molecule has 2 N–H and O–H groups in total. The van der Waals surface area contributed by atoms with E-state index >= 15 is 0 Å². The van der Waals surface area contributed by atoms with Gasteiger partial charge < -0.3 is 10.6 Å². The van der Waals surface area contributed by atoms with Gasteiger partial charge in [-0.25, -0.2) is 12.7 Å². The van der Waals surface area contributed by atoms with Gasteiger partial charge in [-0.3, -0.25) is 9.59 Å². The molecule has 144 valence electrons. The average Bonchev–Trinajstić information content (AvgIpc) is 2.65. The number of hydrogen-bond acceptors (Lipinski definition) is 4. The highest BCUT2D eigenvalue weighted by Crippen LogP contribution is 2.20. The van der Waals surface area contributed by atoms with Crippen LogP contribution in [0.5, 0.6) is 0 Å². The van der Waals surface area contributed by atoms with Crippen molar-refractivity contribution in [3.63, 3.8) is 0 Å². The number of nitrogens with zero attached hydrogens (tertiary/aromatic N) is 1. The number of nitrogens with one attached hydrogen (secondary N) is 2. The lowest BCUT2D eigenvalue weighted by molar-refractivity contribution is -0.126. The summed E-state index contributed by atoms with van der Waals surface area (Å²) in [5.41, 5.74) is 1.36. The van der Waals surface area contributed by atoms with Crippen LogP contribution in [0.25, 0.3) is 0 Å². The minimum Gasteiger partial charge on any atom is -0.355 e. The van der Waals surface area contributed by atoms with Crippen LogP contribution in [-0.4, -0.2) is 50.4 Å². The average molecular weight is 381 g/mol. The first-order chi connectivity index (χ1) is 12.4. The van der Waals surface area contributed by atoms with Crippen LogP contribution in [0.3, 0.4) is 0 Å². The molecule has 26 heavy (non-hydrogen) atoms. The molecule has 8 heteroatoms. The smallest absolute Gasteiger partial charge is 0.251 e. The second-order valence-corrected chi connectivity index (χ2v) is 8.60. The van der Waals surface area contributed by atoms with Gasteiger partial charge in [-0.1, -0.05) is 19.1 Å². The molecule has 1 unspecified atom stereocenters. The molecule has 0 spiro atoms. The summed E-state index contributed by atoms with van der Waals surface area (Å²) in [5, 5.41) is 5.43. The Morgan fingerprint density at radius 2 is 2.08 bits per heavy atom. The van der Waals surface area contributed by atoms with E-state index in [9.17, 15) is 18.0 Å². The number of amides is 2. The van der Waals surface area contributed by atoms with Crippen LogP contribution >= 0.6 is 0 Å². The summed E-state index contributed by atoms with van der Waals surface area (Å²) in [5.74, 6) is -0.542. The first-order valence-corrected chi connectivity index (χ1v) is 10.5. The first kappa shape index (κ1) is 20.4. The maximum absolute atomic E-state index is 12.5. The molecule has 1 atom stereocenters. The zero-order chi connectivity index (χ0) is 19.2. The van der Waals surface area contributed by atoms with E-state index in [1.807, 2.05) is 13.0 Å². The van der Waals surface area contributed by atoms with Crippen LogP contribution in [0, 0.1) is 5.92 Å². The number of rotatable bonds is 7. The summed E-state index contributed by atoms with van der Waals surface area (Å²) >= 11 is 0. The minimum absolute atomic E-state index is 0.119. The molecule has 0 aliphatic carbocycles. The quantitative estimate of drug-likeness (QED) is 0.740. The van der Waals surface area contributed by atoms with E-state index in [1.54, 1.807) is 25.2 Å². The van der Waals surface area contributed by atoms with Gasteiger partial charge in [0.1, 0.15) is 0 Å². The Morgan fingerprint density at radius 1 is 1.31 bits per heavy atom. The third kappa shape index (κ3) is 5.28. The Balaban J connectivity index is 1.94. The number of piperidine rings is 1. The normalized spacial score (nSPS) is 18.3. The van der Waals surface area contributed by atoms with E-state index in [1.165, 1.54) is 4.31 Å². The van der Waals surface area contributed by atoms with Crippen molar-refractivity contribution in [3.05, 3.63) is 35.4 Å². The second kappa shape index (κ2) is 9.14. The van der Waals surface area contributed by atoms with Crippen molar-refractivity contribution in [2.75, 3.05) is 25.9 Å². The van der Waals surface area contributed by atoms with Gasteiger partial charge in [0.15, 0.2) is 0 Å². The monoisotopic (exact) mass is 381 g/mol. The van der Waals surface area contributed by atoms with Crippen LogP contribution in [0.1, 0.15) is 42.1 Å². The van der Waals surface area contributed by atoms with E-state index in [4.69, 9.17) is 0 Å². The molecule has 0 aromatic heterocycles. The third-order valence-electron chi connectivity index (χ3n) is 4.49. The Bertz CT molecular complexity index is 749. The number of carbonyl (C=O) groups is 2. The molecule has 1 aliphatic heterocycles. The van der Waals surface area contributed by atoms with E-state index < -0.39 is 10.0 Å². The molecule has 0 bridgehead atoms.